The van der Waals surface area contributed by atoms with E-state index in [2.05, 4.69) is 10.1 Å². The van der Waals surface area contributed by atoms with E-state index in [1.165, 1.54) is 0 Å². The van der Waals surface area contributed by atoms with Crippen LogP contribution in [0.3, 0.4) is 0 Å². The van der Waals surface area contributed by atoms with E-state index in [9.17, 15) is 30.7 Å². The number of hydrogen-bond donors (Lipinski definition) is 1. The molecular formula is C14H16ClF7N2O. The van der Waals surface area contributed by atoms with Crippen LogP contribution in [0.1, 0.15) is 11.6 Å². The van der Waals surface area contributed by atoms with Crippen molar-refractivity contribution in [1.82, 2.24) is 10.2 Å². The van der Waals surface area contributed by atoms with Crippen molar-refractivity contribution in [2.45, 2.75) is 24.8 Å². The molecule has 1 aromatic rings. The van der Waals surface area contributed by atoms with Crippen LogP contribution in [0.2, 0.25) is 0 Å². The average molecular weight is 397 g/mol. The lowest BCUT2D eigenvalue weighted by molar-refractivity contribution is -0.253. The van der Waals surface area contributed by atoms with Gasteiger partial charge in [0.1, 0.15) is 11.8 Å². The molecule has 11 heteroatoms. The smallest absolute Gasteiger partial charge is 0.428 e. The Morgan fingerprint density at radius 1 is 1.04 bits per heavy atom. The van der Waals surface area contributed by atoms with Crippen LogP contribution in [-0.2, 0) is 0 Å². The first-order valence-corrected chi connectivity index (χ1v) is 7.07. The first-order chi connectivity index (χ1) is 11.1. The highest BCUT2D eigenvalue weighted by atomic mass is 35.5. The van der Waals surface area contributed by atoms with Crippen LogP contribution in [0.15, 0.2) is 24.3 Å². The van der Waals surface area contributed by atoms with Crippen LogP contribution in [0.25, 0.3) is 0 Å². The Labute approximate surface area is 145 Å². The molecule has 1 aliphatic rings. The number of rotatable bonds is 5. The van der Waals surface area contributed by atoms with Gasteiger partial charge in [0.15, 0.2) is 0 Å². The third-order valence-corrected chi connectivity index (χ3v) is 3.51. The molecule has 1 N–H and O–H groups in total. The van der Waals surface area contributed by atoms with Crippen molar-refractivity contribution in [2.24, 2.45) is 0 Å². The van der Waals surface area contributed by atoms with E-state index in [-0.39, 0.29) is 31.1 Å². The van der Waals surface area contributed by atoms with Gasteiger partial charge in [-0.15, -0.1) is 12.4 Å². The second-order valence-corrected chi connectivity index (χ2v) is 5.27. The van der Waals surface area contributed by atoms with Crippen molar-refractivity contribution in [2.75, 3.05) is 26.2 Å². The Hall–Kier alpha value is -1.26. The molecule has 0 radical (unpaired) electrons. The van der Waals surface area contributed by atoms with Crippen molar-refractivity contribution in [3.63, 3.8) is 0 Å². The van der Waals surface area contributed by atoms with Crippen molar-refractivity contribution < 1.29 is 35.5 Å². The van der Waals surface area contributed by atoms with Crippen molar-refractivity contribution in [1.29, 1.82) is 0 Å². The number of nitrogens with one attached hydrogen (secondary N) is 1. The number of hydrogen-bond acceptors (Lipinski definition) is 3. The van der Waals surface area contributed by atoms with Crippen molar-refractivity contribution in [3.05, 3.63) is 29.8 Å². The highest BCUT2D eigenvalue weighted by Crippen LogP contribution is 2.39. The molecule has 1 aromatic carbocycles. The van der Waals surface area contributed by atoms with E-state index in [1.54, 1.807) is 0 Å². The summed E-state index contributed by atoms with van der Waals surface area (Å²) in [5, 5.41) is 2.91. The molecule has 144 valence electrons. The lowest BCUT2D eigenvalue weighted by Gasteiger charge is -2.36. The molecule has 0 saturated carbocycles. The molecule has 0 unspecified atom stereocenters. The van der Waals surface area contributed by atoms with Crippen LogP contribution in [0, 0.1) is 0 Å². The van der Waals surface area contributed by atoms with E-state index in [4.69, 9.17) is 0 Å². The molecule has 1 heterocycles. The van der Waals surface area contributed by atoms with Crippen LogP contribution in [0.5, 0.6) is 5.75 Å². The van der Waals surface area contributed by atoms with Gasteiger partial charge in [-0.25, -0.2) is 0 Å². The van der Waals surface area contributed by atoms with E-state index in [0.29, 0.717) is 13.1 Å². The van der Waals surface area contributed by atoms with E-state index < -0.39 is 30.5 Å². The van der Waals surface area contributed by atoms with Gasteiger partial charge < -0.3 is 10.1 Å². The fourth-order valence-electron chi connectivity index (χ4n) is 2.50. The Morgan fingerprint density at radius 3 is 2.16 bits per heavy atom. The minimum absolute atomic E-state index is 0. The second kappa shape index (κ2) is 8.41. The molecule has 0 bridgehead atoms. The van der Waals surface area contributed by atoms with Gasteiger partial charge in [-0.2, -0.15) is 30.7 Å². The van der Waals surface area contributed by atoms with E-state index in [1.807, 2.05) is 0 Å². The molecule has 0 aliphatic carbocycles. The van der Waals surface area contributed by atoms with Gasteiger partial charge in [-0.05, 0) is 17.7 Å². The molecule has 2 rings (SSSR count). The summed E-state index contributed by atoms with van der Waals surface area (Å²) >= 11 is 0. The molecule has 1 saturated heterocycles. The predicted molar refractivity (Wildman–Crippen MR) is 78.5 cm³/mol. The van der Waals surface area contributed by atoms with Crippen molar-refractivity contribution >= 4 is 12.4 Å². The van der Waals surface area contributed by atoms with Gasteiger partial charge >= 0.3 is 18.7 Å². The quantitative estimate of drug-likeness (QED) is 0.765. The SMILES string of the molecule is Cl.FC(F)C(F)(F)Oc1cccc([C@H](N2CCNCC2)C(F)(F)F)c1. The Morgan fingerprint density at radius 2 is 1.64 bits per heavy atom. The second-order valence-electron chi connectivity index (χ2n) is 5.27. The summed E-state index contributed by atoms with van der Waals surface area (Å²) in [5.41, 5.74) is -0.341. The first kappa shape index (κ1) is 21.8. The lowest BCUT2D eigenvalue weighted by Crippen LogP contribution is -2.49. The maximum Gasteiger partial charge on any atom is 0.461 e. The molecule has 1 fully saturated rings. The average Bonchev–Trinajstić information content (AvgIpc) is 2.47. The third kappa shape index (κ3) is 5.61. The zero-order valence-electron chi connectivity index (χ0n) is 12.7. The van der Waals surface area contributed by atoms with Crippen molar-refractivity contribution in [3.8, 4) is 5.75 Å². The summed E-state index contributed by atoms with van der Waals surface area (Å²) in [6, 6.07) is 1.77. The highest BCUT2D eigenvalue weighted by molar-refractivity contribution is 5.85. The van der Waals surface area contributed by atoms with Crippen LogP contribution >= 0.6 is 12.4 Å². The standard InChI is InChI=1S/C14H15F7N2O.ClH/c15-12(16)14(20,21)24-10-3-1-2-9(8-10)11(13(17,18)19)23-6-4-22-5-7-23;/h1-3,8,11-12,22H,4-7H2;1H/t11-;/m0./s1. The highest BCUT2D eigenvalue weighted by Gasteiger charge is 2.46. The van der Waals surface area contributed by atoms with Crippen LogP contribution in [0.4, 0.5) is 30.7 Å². The number of piperazine rings is 1. The van der Waals surface area contributed by atoms with Gasteiger partial charge in [0.2, 0.25) is 0 Å². The van der Waals surface area contributed by atoms with Gasteiger partial charge in [0, 0.05) is 26.2 Å². The summed E-state index contributed by atoms with van der Waals surface area (Å²) in [5.74, 6) is -0.748. The van der Waals surface area contributed by atoms with Gasteiger partial charge in [-0.1, -0.05) is 12.1 Å². The number of ether oxygens (including phenoxy) is 1. The number of alkyl halides is 7. The molecular weight excluding hydrogens is 381 g/mol. The van der Waals surface area contributed by atoms with Gasteiger partial charge in [-0.3, -0.25) is 4.90 Å². The summed E-state index contributed by atoms with van der Waals surface area (Å²) in [7, 11) is 0. The van der Waals surface area contributed by atoms with Crippen LogP contribution in [-0.4, -0.2) is 49.8 Å². The number of halogens is 8. The lowest BCUT2D eigenvalue weighted by atomic mass is 10.0. The molecule has 0 amide bonds. The fraction of sp³-hybridized carbons (Fsp3) is 0.571. The summed E-state index contributed by atoms with van der Waals surface area (Å²) < 4.78 is 94.3. The topological polar surface area (TPSA) is 24.5 Å². The van der Waals surface area contributed by atoms with Crippen LogP contribution < -0.4 is 10.1 Å². The van der Waals surface area contributed by atoms with E-state index >= 15 is 0 Å². The third-order valence-electron chi connectivity index (χ3n) is 3.51. The minimum Gasteiger partial charge on any atom is -0.428 e. The van der Waals surface area contributed by atoms with E-state index in [0.717, 1.165) is 29.2 Å². The molecule has 25 heavy (non-hydrogen) atoms. The zero-order chi connectivity index (χ0) is 18.0. The molecule has 1 aliphatic heterocycles. The Balaban J connectivity index is 0.00000312. The largest absolute Gasteiger partial charge is 0.461 e. The fourth-order valence-corrected chi connectivity index (χ4v) is 2.50. The molecule has 3 nitrogen and oxygen atoms in total. The number of nitrogens with zero attached hydrogens (tertiary/aromatic N) is 1. The summed E-state index contributed by atoms with van der Waals surface area (Å²) in [4.78, 5) is 1.15. The number of benzene rings is 1. The summed E-state index contributed by atoms with van der Waals surface area (Å²) in [6.07, 6.45) is -13.5. The minimum atomic E-state index is -4.78. The van der Waals surface area contributed by atoms with Gasteiger partial charge in [0.25, 0.3) is 0 Å². The molecule has 0 aromatic heterocycles. The normalized spacial score (nSPS) is 17.9. The predicted octanol–water partition coefficient (Wildman–Crippen LogP) is 3.85. The summed E-state index contributed by atoms with van der Waals surface area (Å²) in [6.45, 7) is 0.934. The molecule has 0 spiro atoms. The monoisotopic (exact) mass is 396 g/mol. The maximum atomic E-state index is 13.4. The molecule has 1 atom stereocenters. The maximum absolute atomic E-state index is 13.4. The Bertz CT molecular complexity index is 550. The Kier molecular flexibility index (Phi) is 7.33. The first-order valence-electron chi connectivity index (χ1n) is 7.07. The van der Waals surface area contributed by atoms with Gasteiger partial charge in [0.05, 0.1) is 0 Å². The zero-order valence-corrected chi connectivity index (χ0v) is 13.5.